The van der Waals surface area contributed by atoms with E-state index in [9.17, 15) is 9.18 Å². The number of nitrogen functional groups attached to an aromatic ring is 1. The van der Waals surface area contributed by atoms with Crippen LogP contribution in [0.3, 0.4) is 0 Å². The number of hydrogen-bond donors (Lipinski definition) is 3. The molecule has 3 heterocycles. The number of anilines is 4. The van der Waals surface area contributed by atoms with Gasteiger partial charge in [-0.2, -0.15) is 0 Å². The molecule has 0 radical (unpaired) electrons. The van der Waals surface area contributed by atoms with Crippen molar-refractivity contribution in [1.82, 2.24) is 20.4 Å². The molecule has 1 amide bonds. The minimum atomic E-state index is -0.409. The summed E-state index contributed by atoms with van der Waals surface area (Å²) in [6.07, 6.45) is 2.91. The predicted molar refractivity (Wildman–Crippen MR) is 113 cm³/mol. The van der Waals surface area contributed by atoms with Crippen molar-refractivity contribution in [2.45, 2.75) is 0 Å². The van der Waals surface area contributed by atoms with Gasteiger partial charge >= 0.3 is 0 Å². The summed E-state index contributed by atoms with van der Waals surface area (Å²) < 4.78 is 14.0. The van der Waals surface area contributed by atoms with Crippen molar-refractivity contribution in [1.29, 1.82) is 0 Å². The highest BCUT2D eigenvalue weighted by Crippen LogP contribution is 2.28. The van der Waals surface area contributed by atoms with Crippen molar-refractivity contribution in [3.8, 4) is 0 Å². The maximum atomic E-state index is 14.0. The lowest BCUT2D eigenvalue weighted by molar-refractivity contribution is 0.0957. The number of nitrogens with two attached hydrogens (primary N) is 1. The summed E-state index contributed by atoms with van der Waals surface area (Å²) in [7, 11) is 0. The molecule has 0 unspecified atom stereocenters. The highest BCUT2D eigenvalue weighted by atomic mass is 19.1. The highest BCUT2D eigenvalue weighted by Gasteiger charge is 2.23. The molecule has 1 aliphatic rings. The number of carbonyl (C=O) groups is 1. The van der Waals surface area contributed by atoms with Gasteiger partial charge in [0, 0.05) is 32.4 Å². The van der Waals surface area contributed by atoms with Gasteiger partial charge in [0.15, 0.2) is 11.6 Å². The van der Waals surface area contributed by atoms with Crippen LogP contribution in [0.4, 0.5) is 27.4 Å². The largest absolute Gasteiger partial charge is 0.393 e. The molecule has 3 aromatic rings. The monoisotopic (exact) mass is 408 g/mol. The summed E-state index contributed by atoms with van der Waals surface area (Å²) in [5.74, 6) is 0.213. The lowest BCUT2D eigenvalue weighted by Crippen LogP contribution is -2.47. The molecular formula is C20H21FN8O. The van der Waals surface area contributed by atoms with E-state index in [1.54, 1.807) is 30.3 Å². The Hall–Kier alpha value is -3.95. The molecular weight excluding hydrogens is 387 g/mol. The Bertz CT molecular complexity index is 1020. The van der Waals surface area contributed by atoms with Crippen LogP contribution in [-0.4, -0.2) is 47.0 Å². The van der Waals surface area contributed by atoms with Crippen LogP contribution in [0.2, 0.25) is 0 Å². The van der Waals surface area contributed by atoms with Crippen LogP contribution >= 0.6 is 0 Å². The number of piperazine rings is 1. The van der Waals surface area contributed by atoms with Gasteiger partial charge in [-0.05, 0) is 24.3 Å². The number of hydrogen-bond acceptors (Lipinski definition) is 8. The summed E-state index contributed by atoms with van der Waals surface area (Å²) in [4.78, 5) is 28.5. The van der Waals surface area contributed by atoms with Gasteiger partial charge in [0.25, 0.3) is 5.91 Å². The molecule has 0 saturated carbocycles. The second-order valence-corrected chi connectivity index (χ2v) is 6.68. The van der Waals surface area contributed by atoms with Gasteiger partial charge < -0.3 is 15.5 Å². The molecule has 154 valence electrons. The quantitative estimate of drug-likeness (QED) is 0.547. The molecule has 4 N–H and O–H groups in total. The van der Waals surface area contributed by atoms with Crippen LogP contribution in [0.15, 0.2) is 55.0 Å². The number of carbonyl (C=O) groups excluding carboxylic acids is 1. The van der Waals surface area contributed by atoms with E-state index < -0.39 is 5.91 Å². The fourth-order valence-corrected chi connectivity index (χ4v) is 3.28. The fourth-order valence-electron chi connectivity index (χ4n) is 3.28. The third-order valence-corrected chi connectivity index (χ3v) is 4.83. The van der Waals surface area contributed by atoms with Crippen LogP contribution in [0.5, 0.6) is 0 Å². The van der Waals surface area contributed by atoms with E-state index >= 15 is 0 Å². The zero-order chi connectivity index (χ0) is 20.9. The normalized spacial score (nSPS) is 13.8. The number of amides is 1. The average Bonchev–Trinajstić information content (AvgIpc) is 2.79. The third-order valence-electron chi connectivity index (χ3n) is 4.83. The van der Waals surface area contributed by atoms with Crippen molar-refractivity contribution in [3.05, 3.63) is 66.5 Å². The molecule has 0 aliphatic carbocycles. The molecule has 0 atom stereocenters. The number of para-hydroxylation sites is 1. The van der Waals surface area contributed by atoms with E-state index in [0.29, 0.717) is 49.2 Å². The Morgan fingerprint density at radius 3 is 2.43 bits per heavy atom. The first-order valence-corrected chi connectivity index (χ1v) is 9.46. The molecule has 1 saturated heterocycles. The van der Waals surface area contributed by atoms with Crippen LogP contribution in [-0.2, 0) is 0 Å². The van der Waals surface area contributed by atoms with Gasteiger partial charge in [-0.25, -0.2) is 14.4 Å². The number of nitrogens with one attached hydrogen (secondary N) is 2. The minimum absolute atomic E-state index is 0.234. The molecule has 0 spiro atoms. The Kier molecular flexibility index (Phi) is 5.55. The van der Waals surface area contributed by atoms with Gasteiger partial charge in [-0.3, -0.25) is 20.6 Å². The third kappa shape index (κ3) is 4.07. The van der Waals surface area contributed by atoms with Crippen molar-refractivity contribution >= 4 is 28.9 Å². The molecule has 1 fully saturated rings. The average molecular weight is 408 g/mol. The maximum absolute atomic E-state index is 14.0. The second-order valence-electron chi connectivity index (χ2n) is 6.68. The molecule has 10 heteroatoms. The molecule has 30 heavy (non-hydrogen) atoms. The van der Waals surface area contributed by atoms with Crippen LogP contribution < -0.4 is 26.4 Å². The summed E-state index contributed by atoms with van der Waals surface area (Å²) >= 11 is 0. The topological polar surface area (TPSA) is 112 Å². The highest BCUT2D eigenvalue weighted by molar-refractivity contribution is 5.93. The van der Waals surface area contributed by atoms with Crippen LogP contribution in [0, 0.1) is 5.82 Å². The van der Waals surface area contributed by atoms with Gasteiger partial charge in [0.2, 0.25) is 0 Å². The number of hydrazine groups is 1. The minimum Gasteiger partial charge on any atom is -0.393 e. The van der Waals surface area contributed by atoms with E-state index in [2.05, 4.69) is 25.8 Å². The van der Waals surface area contributed by atoms with Crippen molar-refractivity contribution in [3.63, 3.8) is 0 Å². The van der Waals surface area contributed by atoms with Crippen molar-refractivity contribution in [2.24, 2.45) is 0 Å². The zero-order valence-corrected chi connectivity index (χ0v) is 16.1. The van der Waals surface area contributed by atoms with E-state index in [1.807, 2.05) is 15.9 Å². The summed E-state index contributed by atoms with van der Waals surface area (Å²) in [5.41, 5.74) is 12.7. The maximum Gasteiger partial charge on any atom is 0.288 e. The standard InChI is InChI=1S/C20H21FN8O/c21-14-5-1-2-7-16(14)28-9-11-29(12-10-28)19-17(22)18(24-13-25-19)26-27-20(30)15-6-3-4-8-23-15/h1-8,13H,9-12,22H2,(H,27,30)(H,24,25,26). The SMILES string of the molecule is Nc1c(NNC(=O)c2ccccn2)ncnc1N1CCN(c2ccccc2F)CC1. The smallest absolute Gasteiger partial charge is 0.288 e. The lowest BCUT2D eigenvalue weighted by atomic mass is 10.2. The Balaban J connectivity index is 1.41. The number of nitrogens with zero attached hydrogens (tertiary/aromatic N) is 5. The molecule has 2 aromatic heterocycles. The summed E-state index contributed by atoms with van der Waals surface area (Å²) in [6, 6.07) is 11.8. The van der Waals surface area contributed by atoms with Gasteiger partial charge in [0.05, 0.1) is 5.69 Å². The summed E-state index contributed by atoms with van der Waals surface area (Å²) in [5, 5.41) is 0. The van der Waals surface area contributed by atoms with Gasteiger partial charge in [0.1, 0.15) is 23.5 Å². The lowest BCUT2D eigenvalue weighted by Gasteiger charge is -2.37. The molecule has 9 nitrogen and oxygen atoms in total. The van der Waals surface area contributed by atoms with E-state index in [1.165, 1.54) is 18.6 Å². The Morgan fingerprint density at radius 1 is 0.967 bits per heavy atom. The first-order valence-electron chi connectivity index (χ1n) is 9.46. The predicted octanol–water partition coefficient (Wildman–Crippen LogP) is 1.68. The Morgan fingerprint density at radius 2 is 1.70 bits per heavy atom. The second kappa shape index (κ2) is 8.60. The van der Waals surface area contributed by atoms with Crippen molar-refractivity contribution < 1.29 is 9.18 Å². The molecule has 1 aromatic carbocycles. The van der Waals surface area contributed by atoms with Gasteiger partial charge in [-0.1, -0.05) is 18.2 Å². The van der Waals surface area contributed by atoms with Crippen LogP contribution in [0.25, 0.3) is 0 Å². The van der Waals surface area contributed by atoms with E-state index in [-0.39, 0.29) is 11.5 Å². The fraction of sp³-hybridized carbons (Fsp3) is 0.200. The van der Waals surface area contributed by atoms with Gasteiger partial charge in [-0.15, -0.1) is 0 Å². The summed E-state index contributed by atoms with van der Waals surface area (Å²) in [6.45, 7) is 2.50. The zero-order valence-electron chi connectivity index (χ0n) is 16.1. The molecule has 1 aliphatic heterocycles. The Labute approximate surface area is 172 Å². The first kappa shape index (κ1) is 19.4. The number of benzene rings is 1. The first-order chi connectivity index (χ1) is 14.6. The van der Waals surface area contributed by atoms with Crippen molar-refractivity contribution in [2.75, 3.05) is 47.1 Å². The van der Waals surface area contributed by atoms with E-state index in [0.717, 1.165) is 0 Å². The molecule has 0 bridgehead atoms. The number of pyridine rings is 1. The number of halogens is 1. The molecule has 4 rings (SSSR count). The number of aromatic nitrogens is 3. The number of rotatable bonds is 5. The van der Waals surface area contributed by atoms with E-state index in [4.69, 9.17) is 5.73 Å². The van der Waals surface area contributed by atoms with Crippen LogP contribution in [0.1, 0.15) is 10.5 Å².